The minimum atomic E-state index is -0.0641. The van der Waals surface area contributed by atoms with Crippen molar-refractivity contribution in [3.05, 3.63) is 0 Å². The van der Waals surface area contributed by atoms with Crippen molar-refractivity contribution in [2.45, 2.75) is 6.42 Å². The van der Waals surface area contributed by atoms with Crippen molar-refractivity contribution in [1.29, 1.82) is 0 Å². The van der Waals surface area contributed by atoms with Gasteiger partial charge in [-0.2, -0.15) is 11.8 Å². The highest BCUT2D eigenvalue weighted by Crippen LogP contribution is 2.08. The molecule has 3 nitrogen and oxygen atoms in total. The molecule has 0 amide bonds. The molecule has 0 aromatic carbocycles. The molecule has 0 aliphatic carbocycles. The molecule has 0 N–H and O–H groups in total. The van der Waals surface area contributed by atoms with Crippen LogP contribution in [0.2, 0.25) is 0 Å². The number of carbonyl (C=O) groups excluding carboxylic acids is 1. The van der Waals surface area contributed by atoms with Gasteiger partial charge in [0.15, 0.2) is 0 Å². The Labute approximate surface area is 103 Å². The van der Waals surface area contributed by atoms with E-state index in [1.54, 1.807) is 0 Å². The van der Waals surface area contributed by atoms with Crippen LogP contribution < -0.4 is 0 Å². The second-order valence-electron chi connectivity index (χ2n) is 3.11. The van der Waals surface area contributed by atoms with E-state index < -0.39 is 0 Å². The van der Waals surface area contributed by atoms with E-state index in [4.69, 9.17) is 4.74 Å². The van der Waals surface area contributed by atoms with Crippen LogP contribution >= 0.6 is 34.4 Å². The molecule has 5 heteroatoms. The van der Waals surface area contributed by atoms with E-state index in [1.165, 1.54) is 11.5 Å². The summed E-state index contributed by atoms with van der Waals surface area (Å²) in [6.45, 7) is 3.72. The summed E-state index contributed by atoms with van der Waals surface area (Å²) in [7, 11) is 0. The van der Waals surface area contributed by atoms with E-state index in [9.17, 15) is 4.79 Å². The van der Waals surface area contributed by atoms with Crippen molar-refractivity contribution in [3.8, 4) is 0 Å². The van der Waals surface area contributed by atoms with Gasteiger partial charge in [0.25, 0.3) is 0 Å². The average Bonchev–Trinajstić information content (AvgIpc) is 2.20. The summed E-state index contributed by atoms with van der Waals surface area (Å²) in [6, 6.07) is 0. The van der Waals surface area contributed by atoms with Gasteiger partial charge in [0.1, 0.15) is 6.61 Å². The molecule has 1 aliphatic rings. The van der Waals surface area contributed by atoms with Gasteiger partial charge >= 0.3 is 5.97 Å². The Hall–Kier alpha value is 0.510. The van der Waals surface area contributed by atoms with Crippen LogP contribution in [0.5, 0.6) is 0 Å². The third-order valence-corrected chi connectivity index (χ3v) is 3.55. The maximum atomic E-state index is 11.0. The van der Waals surface area contributed by atoms with Crippen LogP contribution in [0, 0.1) is 0 Å². The van der Waals surface area contributed by atoms with Crippen molar-refractivity contribution in [3.63, 3.8) is 0 Å². The molecule has 1 rings (SSSR count). The van der Waals surface area contributed by atoms with Gasteiger partial charge in [-0.05, 0) is 0 Å². The molecule has 0 spiro atoms. The van der Waals surface area contributed by atoms with Crippen LogP contribution in [-0.4, -0.2) is 53.0 Å². The third kappa shape index (κ3) is 5.41. The Bertz CT molecular complexity index is 174. The molecule has 0 aromatic heterocycles. The number of esters is 1. The van der Waals surface area contributed by atoms with Crippen molar-refractivity contribution in [2.75, 3.05) is 42.2 Å². The molecule has 1 fully saturated rings. The minimum Gasteiger partial charge on any atom is -0.464 e. The van der Waals surface area contributed by atoms with Gasteiger partial charge in [-0.25, -0.2) is 0 Å². The molecule has 0 bridgehead atoms. The van der Waals surface area contributed by atoms with Crippen molar-refractivity contribution >= 4 is 40.3 Å². The van der Waals surface area contributed by atoms with E-state index in [0.717, 1.165) is 24.1 Å². The average molecular weight is 329 g/mol. The Morgan fingerprint density at radius 2 is 2.14 bits per heavy atom. The molecule has 1 aliphatic heterocycles. The fourth-order valence-corrected chi connectivity index (χ4v) is 2.68. The first-order chi connectivity index (χ1) is 6.83. The van der Waals surface area contributed by atoms with Gasteiger partial charge in [0.05, 0.1) is 6.42 Å². The minimum absolute atomic E-state index is 0.0641. The van der Waals surface area contributed by atoms with Crippen LogP contribution in [0.3, 0.4) is 0 Å². The molecule has 0 radical (unpaired) electrons. The maximum absolute atomic E-state index is 11.0. The lowest BCUT2D eigenvalue weighted by atomic mass is 10.4. The highest BCUT2D eigenvalue weighted by atomic mass is 127. The zero-order valence-electron chi connectivity index (χ0n) is 8.21. The lowest BCUT2D eigenvalue weighted by Crippen LogP contribution is -2.35. The predicted octanol–water partition coefficient (Wildman–Crippen LogP) is 1.40. The smallest absolute Gasteiger partial charge is 0.306 e. The Morgan fingerprint density at radius 1 is 1.43 bits per heavy atom. The molecule has 1 heterocycles. The number of carbonyl (C=O) groups is 1. The molecule has 0 unspecified atom stereocenters. The zero-order valence-corrected chi connectivity index (χ0v) is 11.2. The highest BCUT2D eigenvalue weighted by Gasteiger charge is 2.10. The molecule has 0 atom stereocenters. The van der Waals surface area contributed by atoms with E-state index in [0.29, 0.717) is 13.0 Å². The lowest BCUT2D eigenvalue weighted by molar-refractivity contribution is -0.143. The van der Waals surface area contributed by atoms with Crippen LogP contribution in [0.1, 0.15) is 6.42 Å². The quantitative estimate of drug-likeness (QED) is 0.433. The number of ether oxygens (including phenoxy) is 1. The number of hydrogen-bond acceptors (Lipinski definition) is 4. The van der Waals surface area contributed by atoms with Crippen LogP contribution in [0.4, 0.5) is 0 Å². The second kappa shape index (κ2) is 7.76. The Kier molecular flexibility index (Phi) is 6.97. The van der Waals surface area contributed by atoms with E-state index >= 15 is 0 Å². The summed E-state index contributed by atoms with van der Waals surface area (Å²) >= 11 is 4.18. The number of thioether (sulfide) groups is 1. The van der Waals surface area contributed by atoms with Gasteiger partial charge in [0.2, 0.25) is 0 Å². The maximum Gasteiger partial charge on any atom is 0.306 e. The van der Waals surface area contributed by atoms with Crippen molar-refractivity contribution in [2.24, 2.45) is 0 Å². The van der Waals surface area contributed by atoms with Gasteiger partial charge in [-0.1, -0.05) is 22.6 Å². The molecule has 0 aromatic rings. The Balaban J connectivity index is 1.99. The number of hydrogen-bond donors (Lipinski definition) is 0. The predicted molar refractivity (Wildman–Crippen MR) is 68.2 cm³/mol. The lowest BCUT2D eigenvalue weighted by Gasteiger charge is -2.25. The largest absolute Gasteiger partial charge is 0.464 e. The summed E-state index contributed by atoms with van der Waals surface area (Å²) in [5.41, 5.74) is 0. The second-order valence-corrected chi connectivity index (χ2v) is 5.42. The van der Waals surface area contributed by atoms with Crippen LogP contribution in [-0.2, 0) is 9.53 Å². The molecule has 1 saturated heterocycles. The summed E-state index contributed by atoms with van der Waals surface area (Å²) in [5.74, 6) is 2.36. The number of alkyl halides is 1. The van der Waals surface area contributed by atoms with E-state index in [2.05, 4.69) is 27.5 Å². The van der Waals surface area contributed by atoms with Crippen LogP contribution in [0.25, 0.3) is 0 Å². The Morgan fingerprint density at radius 3 is 2.79 bits per heavy atom. The fraction of sp³-hybridized carbons (Fsp3) is 0.889. The first-order valence-corrected chi connectivity index (χ1v) is 7.52. The van der Waals surface area contributed by atoms with Crippen molar-refractivity contribution < 1.29 is 9.53 Å². The SMILES string of the molecule is O=C(CCI)OCCN1CCSCC1. The first-order valence-electron chi connectivity index (χ1n) is 4.84. The van der Waals surface area contributed by atoms with Gasteiger partial charge in [0, 0.05) is 35.6 Å². The highest BCUT2D eigenvalue weighted by molar-refractivity contribution is 14.1. The zero-order chi connectivity index (χ0) is 10.2. The summed E-state index contributed by atoms with van der Waals surface area (Å²) in [6.07, 6.45) is 0.538. The number of nitrogens with zero attached hydrogens (tertiary/aromatic N) is 1. The first kappa shape index (κ1) is 12.6. The summed E-state index contributed by atoms with van der Waals surface area (Å²) < 4.78 is 5.94. The number of halogens is 1. The van der Waals surface area contributed by atoms with Crippen LogP contribution in [0.15, 0.2) is 0 Å². The van der Waals surface area contributed by atoms with Crippen molar-refractivity contribution in [1.82, 2.24) is 4.90 Å². The molecular weight excluding hydrogens is 313 g/mol. The van der Waals surface area contributed by atoms with E-state index in [-0.39, 0.29) is 5.97 Å². The topological polar surface area (TPSA) is 29.5 Å². The molecule has 14 heavy (non-hydrogen) atoms. The molecule has 82 valence electrons. The standard InChI is InChI=1S/C9H16INO2S/c10-2-1-9(12)13-6-3-11-4-7-14-8-5-11/h1-8H2. The van der Waals surface area contributed by atoms with Gasteiger partial charge < -0.3 is 4.74 Å². The van der Waals surface area contributed by atoms with Gasteiger partial charge in [-0.3, -0.25) is 9.69 Å². The molecule has 0 saturated carbocycles. The summed E-state index contributed by atoms with van der Waals surface area (Å²) in [4.78, 5) is 13.4. The fourth-order valence-electron chi connectivity index (χ4n) is 1.26. The molecular formula is C9H16INO2S. The third-order valence-electron chi connectivity index (χ3n) is 2.07. The van der Waals surface area contributed by atoms with E-state index in [1.807, 2.05) is 11.8 Å². The number of rotatable bonds is 5. The summed E-state index contributed by atoms with van der Waals surface area (Å²) in [5, 5.41) is 0. The monoisotopic (exact) mass is 329 g/mol. The normalized spacial score (nSPS) is 18.1. The van der Waals surface area contributed by atoms with Gasteiger partial charge in [-0.15, -0.1) is 0 Å².